The first-order valence-electron chi connectivity index (χ1n) is 15.5. The van der Waals surface area contributed by atoms with Crippen LogP contribution in [0.1, 0.15) is 56.2 Å². The van der Waals surface area contributed by atoms with Crippen molar-refractivity contribution in [2.24, 2.45) is 0 Å². The van der Waals surface area contributed by atoms with Crippen molar-refractivity contribution in [3.63, 3.8) is 0 Å². The summed E-state index contributed by atoms with van der Waals surface area (Å²) in [4.78, 5) is 75.1. The summed E-state index contributed by atoms with van der Waals surface area (Å²) in [5, 5.41) is 5.97. The zero-order valence-corrected chi connectivity index (χ0v) is 26.1. The van der Waals surface area contributed by atoms with Crippen LogP contribution in [-0.2, 0) is 28.8 Å². The fraction of sp³-hybridized carbons (Fsp3) is 0.424. The Balaban J connectivity index is 1.25. The summed E-state index contributed by atoms with van der Waals surface area (Å²) in [6, 6.07) is 13.8. The van der Waals surface area contributed by atoms with Gasteiger partial charge in [0.1, 0.15) is 24.8 Å². The van der Waals surface area contributed by atoms with Gasteiger partial charge in [-0.3, -0.25) is 34.4 Å². The van der Waals surface area contributed by atoms with Crippen LogP contribution in [0, 0.1) is 0 Å². The van der Waals surface area contributed by atoms with Crippen molar-refractivity contribution < 1.29 is 33.5 Å². The number of hydroxylamine groups is 1. The minimum atomic E-state index is -1.09. The summed E-state index contributed by atoms with van der Waals surface area (Å²) in [5.41, 5.74) is 4.03. The molecule has 12 nitrogen and oxygen atoms in total. The number of Topliss-reactive ketones (excluding diaryl/α,β-unsaturated/α-hetero) is 1. The second-order valence-electron chi connectivity index (χ2n) is 12.2. The number of ketones is 1. The molecule has 13 heteroatoms. The first kappa shape index (κ1) is 31.6. The third kappa shape index (κ3) is 6.73. The molecule has 3 fully saturated rings. The molecule has 2 saturated heterocycles. The molecular weight excluding hydrogens is 614 g/mol. The van der Waals surface area contributed by atoms with E-state index in [4.69, 9.17) is 21.2 Å². The van der Waals surface area contributed by atoms with E-state index in [1.807, 2.05) is 49.4 Å². The van der Waals surface area contributed by atoms with Gasteiger partial charge in [0, 0.05) is 23.0 Å². The lowest BCUT2D eigenvalue weighted by molar-refractivity contribution is -0.142. The Labute approximate surface area is 271 Å². The van der Waals surface area contributed by atoms with Gasteiger partial charge < -0.3 is 20.3 Å². The average Bonchev–Trinajstić information content (AvgIpc) is 3.47. The van der Waals surface area contributed by atoms with Crippen LogP contribution in [0.15, 0.2) is 60.7 Å². The van der Waals surface area contributed by atoms with Crippen LogP contribution in [0.5, 0.6) is 0 Å². The van der Waals surface area contributed by atoms with Crippen LogP contribution in [-0.4, -0.2) is 82.8 Å². The van der Waals surface area contributed by atoms with E-state index in [-0.39, 0.29) is 38.6 Å². The lowest BCUT2D eigenvalue weighted by atomic mass is 9.97. The molecule has 4 atom stereocenters. The summed E-state index contributed by atoms with van der Waals surface area (Å²) in [6.07, 6.45) is 3.69. The minimum absolute atomic E-state index is 0.00552. The number of hydrogen-bond donors (Lipinski definition) is 3. The van der Waals surface area contributed by atoms with E-state index in [1.165, 1.54) is 9.80 Å². The molecule has 0 bridgehead atoms. The quantitative estimate of drug-likeness (QED) is 0.315. The van der Waals surface area contributed by atoms with Gasteiger partial charge in [-0.2, -0.15) is 0 Å². The molecule has 0 aromatic heterocycles. The van der Waals surface area contributed by atoms with E-state index in [2.05, 4.69) is 16.1 Å². The first-order chi connectivity index (χ1) is 22.2. The van der Waals surface area contributed by atoms with Gasteiger partial charge in [-0.25, -0.2) is 4.79 Å². The highest BCUT2D eigenvalue weighted by molar-refractivity contribution is 6.38. The maximum absolute atomic E-state index is 14.0. The SMILES string of the molecule is CCC[C@H](NC(=O)[C@@H]1C[C@]2(C=C(c3cccc(Cl)c3)NO2)CN1C(=O)CN1C(=O)OCC1c1ccccc1)C(=O)C(=O)NC1CC1. The van der Waals surface area contributed by atoms with Gasteiger partial charge in [0.15, 0.2) is 0 Å². The Kier molecular flexibility index (Phi) is 9.01. The van der Waals surface area contributed by atoms with Crippen molar-refractivity contribution in [3.8, 4) is 0 Å². The van der Waals surface area contributed by atoms with Gasteiger partial charge in [-0.1, -0.05) is 67.4 Å². The summed E-state index contributed by atoms with van der Waals surface area (Å²) in [5.74, 6) is -2.53. The van der Waals surface area contributed by atoms with Crippen molar-refractivity contribution in [3.05, 3.63) is 76.8 Å². The average molecular weight is 650 g/mol. The van der Waals surface area contributed by atoms with Gasteiger partial charge in [0.2, 0.25) is 17.6 Å². The molecule has 0 radical (unpaired) electrons. The molecule has 6 rings (SSSR count). The van der Waals surface area contributed by atoms with E-state index >= 15 is 0 Å². The van der Waals surface area contributed by atoms with Crippen LogP contribution in [0.2, 0.25) is 5.02 Å². The highest BCUT2D eigenvalue weighted by Gasteiger charge is 2.52. The van der Waals surface area contributed by atoms with E-state index in [0.717, 1.165) is 24.0 Å². The van der Waals surface area contributed by atoms with Crippen molar-refractivity contribution in [1.29, 1.82) is 0 Å². The summed E-state index contributed by atoms with van der Waals surface area (Å²) >= 11 is 6.21. The molecule has 3 aliphatic heterocycles. The van der Waals surface area contributed by atoms with Crippen LogP contribution < -0.4 is 16.1 Å². The maximum Gasteiger partial charge on any atom is 0.410 e. The normalized spacial score (nSPS) is 24.3. The fourth-order valence-corrected chi connectivity index (χ4v) is 6.32. The molecule has 4 amide bonds. The van der Waals surface area contributed by atoms with E-state index < -0.39 is 53.3 Å². The number of halogens is 1. The smallest absolute Gasteiger partial charge is 0.410 e. The molecule has 3 heterocycles. The molecular formula is C33H36ClN5O7. The second kappa shape index (κ2) is 13.1. The van der Waals surface area contributed by atoms with E-state index in [9.17, 15) is 24.0 Å². The number of nitrogens with zero attached hydrogens (tertiary/aromatic N) is 2. The monoisotopic (exact) mass is 649 g/mol. The van der Waals surface area contributed by atoms with E-state index in [0.29, 0.717) is 17.1 Å². The first-order valence-corrected chi connectivity index (χ1v) is 15.9. The topological polar surface area (TPSA) is 146 Å². The Morgan fingerprint density at radius 1 is 1.11 bits per heavy atom. The van der Waals surface area contributed by atoms with Crippen LogP contribution in [0.3, 0.4) is 0 Å². The largest absolute Gasteiger partial charge is 0.447 e. The molecule has 3 N–H and O–H groups in total. The predicted octanol–water partition coefficient (Wildman–Crippen LogP) is 2.88. The lowest BCUT2D eigenvalue weighted by Crippen LogP contribution is -2.54. The number of rotatable bonds is 11. The number of hydrogen-bond acceptors (Lipinski definition) is 8. The molecule has 46 heavy (non-hydrogen) atoms. The van der Waals surface area contributed by atoms with E-state index in [1.54, 1.807) is 18.2 Å². The number of carbonyl (C=O) groups excluding carboxylic acids is 5. The number of nitrogens with one attached hydrogen (secondary N) is 3. The molecule has 2 aromatic rings. The molecule has 1 aliphatic carbocycles. The predicted molar refractivity (Wildman–Crippen MR) is 167 cm³/mol. The third-order valence-electron chi connectivity index (χ3n) is 8.70. The second-order valence-corrected chi connectivity index (χ2v) is 12.6. The number of likely N-dealkylation sites (tertiary alicyclic amines) is 1. The van der Waals surface area contributed by atoms with Crippen LogP contribution in [0.4, 0.5) is 4.79 Å². The standard InChI is InChI=1S/C33H36ClN5O7/c1-2-7-24(29(41)31(43)35-23-12-13-23)36-30(42)26-16-33(15-25(37-46-33)21-10-6-11-22(34)14-21)19-39(26)28(40)17-38-27(18-45-32(38)44)20-8-4-3-5-9-20/h3-6,8-11,14-15,23-24,26-27,37H,2,7,12-13,16-19H2,1H3,(H,35,43)(H,36,42)/t24-,26-,27?,33+/m0/s1. The van der Waals surface area contributed by atoms with Crippen LogP contribution in [0.25, 0.3) is 5.70 Å². The Hall–Kier alpha value is -4.42. The van der Waals surface area contributed by atoms with Crippen LogP contribution >= 0.6 is 11.6 Å². The summed E-state index contributed by atoms with van der Waals surface area (Å²) in [7, 11) is 0. The number of amides is 4. The highest BCUT2D eigenvalue weighted by Crippen LogP contribution is 2.38. The number of cyclic esters (lactones) is 1. The van der Waals surface area contributed by atoms with Crippen molar-refractivity contribution in [1.82, 2.24) is 25.9 Å². The number of benzene rings is 2. The molecule has 4 aliphatic rings. The Bertz CT molecular complexity index is 1560. The summed E-state index contributed by atoms with van der Waals surface area (Å²) < 4.78 is 5.30. The molecule has 1 saturated carbocycles. The minimum Gasteiger partial charge on any atom is -0.447 e. The molecule has 1 spiro atoms. The Morgan fingerprint density at radius 2 is 1.89 bits per heavy atom. The lowest BCUT2D eigenvalue weighted by Gasteiger charge is -2.28. The number of ether oxygens (including phenoxy) is 1. The van der Waals surface area contributed by atoms with Gasteiger partial charge >= 0.3 is 6.09 Å². The zero-order chi connectivity index (χ0) is 32.4. The van der Waals surface area contributed by atoms with Crippen molar-refractivity contribution >= 4 is 46.9 Å². The summed E-state index contributed by atoms with van der Waals surface area (Å²) in [6.45, 7) is 1.60. The van der Waals surface area contributed by atoms with Gasteiger partial charge in [0.25, 0.3) is 5.91 Å². The van der Waals surface area contributed by atoms with Gasteiger partial charge in [-0.15, -0.1) is 0 Å². The number of carbonyl (C=O) groups is 5. The van der Waals surface area contributed by atoms with Crippen molar-refractivity contribution in [2.45, 2.75) is 68.8 Å². The molecule has 242 valence electrons. The Morgan fingerprint density at radius 3 is 2.61 bits per heavy atom. The molecule has 1 unspecified atom stereocenters. The zero-order valence-electron chi connectivity index (χ0n) is 25.4. The third-order valence-corrected chi connectivity index (χ3v) is 8.93. The van der Waals surface area contributed by atoms with Gasteiger partial charge in [0.05, 0.1) is 24.3 Å². The maximum atomic E-state index is 14.0. The van der Waals surface area contributed by atoms with Gasteiger partial charge in [-0.05, 0) is 43.0 Å². The van der Waals surface area contributed by atoms with Crippen molar-refractivity contribution in [2.75, 3.05) is 19.7 Å². The fourth-order valence-electron chi connectivity index (χ4n) is 6.13. The highest BCUT2D eigenvalue weighted by atomic mass is 35.5. The molecule has 2 aromatic carbocycles.